The Morgan fingerprint density at radius 3 is 2.75 bits per heavy atom. The van der Waals surface area contributed by atoms with Crippen molar-refractivity contribution in [1.82, 2.24) is 5.32 Å². The van der Waals surface area contributed by atoms with Gasteiger partial charge < -0.3 is 10.2 Å². The van der Waals surface area contributed by atoms with Crippen molar-refractivity contribution >= 4 is 29.1 Å². The predicted octanol–water partition coefficient (Wildman–Crippen LogP) is 3.15. The van der Waals surface area contributed by atoms with Gasteiger partial charge in [0.05, 0.1) is 0 Å². The van der Waals surface area contributed by atoms with E-state index in [1.54, 1.807) is 4.90 Å². The van der Waals surface area contributed by atoms with E-state index >= 15 is 0 Å². The number of carbonyl (C=O) groups is 2. The van der Waals surface area contributed by atoms with Gasteiger partial charge in [-0.1, -0.05) is 29.8 Å². The summed E-state index contributed by atoms with van der Waals surface area (Å²) in [5, 5.41) is 3.02. The number of halogens is 2. The Kier molecular flexibility index (Phi) is 4.81. The largest absolute Gasteiger partial charge is 0.351 e. The number of nitrogens with zero attached hydrogens (tertiary/aromatic N) is 1. The van der Waals surface area contributed by atoms with Crippen LogP contribution in [0.5, 0.6) is 0 Å². The van der Waals surface area contributed by atoms with Crippen molar-refractivity contribution in [2.75, 3.05) is 11.4 Å². The van der Waals surface area contributed by atoms with Gasteiger partial charge >= 0.3 is 0 Å². The van der Waals surface area contributed by atoms with Crippen molar-refractivity contribution in [2.24, 2.45) is 5.92 Å². The van der Waals surface area contributed by atoms with Gasteiger partial charge in [0, 0.05) is 29.4 Å². The lowest BCUT2D eigenvalue weighted by Crippen LogP contribution is -2.36. The van der Waals surface area contributed by atoms with Crippen LogP contribution in [0.25, 0.3) is 0 Å². The number of hydrogen-bond donors (Lipinski definition) is 1. The molecule has 0 aromatic heterocycles. The van der Waals surface area contributed by atoms with Crippen LogP contribution in [-0.4, -0.2) is 18.4 Å². The molecule has 0 aliphatic carbocycles. The first kappa shape index (κ1) is 16.5. The van der Waals surface area contributed by atoms with E-state index in [4.69, 9.17) is 11.6 Å². The summed E-state index contributed by atoms with van der Waals surface area (Å²) in [6, 6.07) is 13.4. The van der Waals surface area contributed by atoms with Gasteiger partial charge in [0.2, 0.25) is 11.8 Å². The maximum absolute atomic E-state index is 13.7. The average Bonchev–Trinajstić information content (AvgIpc) is 2.98. The minimum absolute atomic E-state index is 0.000341. The molecule has 0 saturated carbocycles. The molecule has 4 nitrogen and oxygen atoms in total. The van der Waals surface area contributed by atoms with Gasteiger partial charge in [0.15, 0.2) is 0 Å². The summed E-state index contributed by atoms with van der Waals surface area (Å²) in [6.45, 7) is 0.493. The van der Waals surface area contributed by atoms with Crippen LogP contribution in [-0.2, 0) is 16.1 Å². The molecular formula is C18H16ClFN2O2. The van der Waals surface area contributed by atoms with Gasteiger partial charge in [-0.25, -0.2) is 4.39 Å². The highest BCUT2D eigenvalue weighted by molar-refractivity contribution is 6.30. The fraction of sp³-hybridized carbons (Fsp3) is 0.222. The second-order valence-electron chi connectivity index (χ2n) is 5.62. The highest BCUT2D eigenvalue weighted by Crippen LogP contribution is 2.25. The van der Waals surface area contributed by atoms with E-state index in [-0.39, 0.29) is 12.5 Å². The summed E-state index contributed by atoms with van der Waals surface area (Å²) in [4.78, 5) is 26.3. The molecule has 1 heterocycles. The molecule has 1 atom stereocenters. The molecule has 2 aromatic carbocycles. The van der Waals surface area contributed by atoms with E-state index < -0.39 is 17.6 Å². The zero-order chi connectivity index (χ0) is 17.1. The molecule has 1 aliphatic rings. The molecule has 24 heavy (non-hydrogen) atoms. The molecule has 1 saturated heterocycles. The third-order valence-electron chi connectivity index (χ3n) is 4.05. The van der Waals surface area contributed by atoms with Crippen LogP contribution in [0.15, 0.2) is 48.5 Å². The van der Waals surface area contributed by atoms with Gasteiger partial charge in [0.1, 0.15) is 11.7 Å². The smallest absolute Gasteiger partial charge is 0.239 e. The Hall–Kier alpha value is -2.40. The zero-order valence-electron chi connectivity index (χ0n) is 12.8. The number of rotatable bonds is 4. The first-order chi connectivity index (χ1) is 11.6. The summed E-state index contributed by atoms with van der Waals surface area (Å²) in [5.74, 6) is -1.81. The van der Waals surface area contributed by atoms with Crippen molar-refractivity contribution in [2.45, 2.75) is 13.0 Å². The van der Waals surface area contributed by atoms with Gasteiger partial charge in [0.25, 0.3) is 0 Å². The first-order valence-corrected chi connectivity index (χ1v) is 8.02. The van der Waals surface area contributed by atoms with Gasteiger partial charge in [-0.15, -0.1) is 0 Å². The predicted molar refractivity (Wildman–Crippen MR) is 90.2 cm³/mol. The van der Waals surface area contributed by atoms with Crippen LogP contribution in [0.3, 0.4) is 0 Å². The number of benzene rings is 2. The highest BCUT2D eigenvalue weighted by atomic mass is 35.5. The van der Waals surface area contributed by atoms with Gasteiger partial charge in [-0.3, -0.25) is 9.59 Å². The first-order valence-electron chi connectivity index (χ1n) is 7.64. The normalized spacial score (nSPS) is 17.2. The van der Waals surface area contributed by atoms with Crippen LogP contribution in [0.1, 0.15) is 12.0 Å². The standard InChI is InChI=1S/C18H16ClFN2O2/c19-13-6-7-16(20)12(10-13)11-21-17(23)15-8-9-22(18(15)24)14-4-2-1-3-5-14/h1-7,10,15H,8-9,11H2,(H,21,23). The van der Waals surface area contributed by atoms with E-state index in [0.29, 0.717) is 23.6 Å². The van der Waals surface area contributed by atoms with Gasteiger partial charge in [-0.05, 0) is 36.8 Å². The minimum atomic E-state index is -0.743. The Morgan fingerprint density at radius 2 is 2.00 bits per heavy atom. The van der Waals surface area contributed by atoms with E-state index in [2.05, 4.69) is 5.32 Å². The summed E-state index contributed by atoms with van der Waals surface area (Å²) in [7, 11) is 0. The number of nitrogens with one attached hydrogen (secondary N) is 1. The SMILES string of the molecule is O=C(NCc1cc(Cl)ccc1F)C1CCN(c2ccccc2)C1=O. The summed E-state index contributed by atoms with van der Waals surface area (Å²) in [6.07, 6.45) is 0.442. The topological polar surface area (TPSA) is 49.4 Å². The molecule has 2 amide bonds. The molecule has 1 unspecified atom stereocenters. The van der Waals surface area contributed by atoms with Crippen LogP contribution in [0.2, 0.25) is 5.02 Å². The molecule has 0 radical (unpaired) electrons. The molecule has 6 heteroatoms. The third kappa shape index (κ3) is 3.41. The summed E-state index contributed by atoms with van der Waals surface area (Å²) >= 11 is 5.83. The van der Waals surface area contributed by atoms with E-state index in [0.717, 1.165) is 5.69 Å². The lowest BCUT2D eigenvalue weighted by molar-refractivity contribution is -0.132. The minimum Gasteiger partial charge on any atom is -0.351 e. The van der Waals surface area contributed by atoms with Crippen molar-refractivity contribution in [3.63, 3.8) is 0 Å². The quantitative estimate of drug-likeness (QED) is 0.865. The Bertz CT molecular complexity index is 767. The van der Waals surface area contributed by atoms with Crippen molar-refractivity contribution < 1.29 is 14.0 Å². The second kappa shape index (κ2) is 7.01. The molecule has 1 aliphatic heterocycles. The fourth-order valence-electron chi connectivity index (χ4n) is 2.77. The van der Waals surface area contributed by atoms with Crippen molar-refractivity contribution in [3.8, 4) is 0 Å². The molecule has 1 fully saturated rings. The number of hydrogen-bond acceptors (Lipinski definition) is 2. The molecule has 1 N–H and O–H groups in total. The number of carbonyl (C=O) groups excluding carboxylic acids is 2. The average molecular weight is 347 g/mol. The lowest BCUT2D eigenvalue weighted by Gasteiger charge is -2.16. The van der Waals surface area contributed by atoms with E-state index in [1.807, 2.05) is 30.3 Å². The molecule has 3 rings (SSSR count). The maximum atomic E-state index is 13.7. The highest BCUT2D eigenvalue weighted by Gasteiger charge is 2.37. The Balaban J connectivity index is 1.64. The van der Waals surface area contributed by atoms with Crippen LogP contribution in [0, 0.1) is 11.7 Å². The molecule has 124 valence electrons. The molecular weight excluding hydrogens is 331 g/mol. The molecule has 0 bridgehead atoms. The second-order valence-corrected chi connectivity index (χ2v) is 6.06. The summed E-state index contributed by atoms with van der Waals surface area (Å²) in [5.41, 5.74) is 1.07. The molecule has 0 spiro atoms. The number of amides is 2. The van der Waals surface area contributed by atoms with Gasteiger partial charge in [-0.2, -0.15) is 0 Å². The van der Waals surface area contributed by atoms with Crippen LogP contribution < -0.4 is 10.2 Å². The maximum Gasteiger partial charge on any atom is 0.239 e. The lowest BCUT2D eigenvalue weighted by atomic mass is 10.1. The monoisotopic (exact) mass is 346 g/mol. The van der Waals surface area contributed by atoms with Crippen LogP contribution in [0.4, 0.5) is 10.1 Å². The van der Waals surface area contributed by atoms with Crippen molar-refractivity contribution in [3.05, 3.63) is 64.9 Å². The zero-order valence-corrected chi connectivity index (χ0v) is 13.6. The summed E-state index contributed by atoms with van der Waals surface area (Å²) < 4.78 is 13.7. The fourth-order valence-corrected chi connectivity index (χ4v) is 2.97. The third-order valence-corrected chi connectivity index (χ3v) is 4.29. The number of anilines is 1. The Morgan fingerprint density at radius 1 is 1.25 bits per heavy atom. The van der Waals surface area contributed by atoms with Crippen LogP contribution >= 0.6 is 11.6 Å². The van der Waals surface area contributed by atoms with E-state index in [1.165, 1.54) is 18.2 Å². The van der Waals surface area contributed by atoms with E-state index in [9.17, 15) is 14.0 Å². The van der Waals surface area contributed by atoms with Crippen molar-refractivity contribution in [1.29, 1.82) is 0 Å². The Labute approximate surface area is 144 Å². The number of para-hydroxylation sites is 1. The molecule has 2 aromatic rings.